The van der Waals surface area contributed by atoms with Crippen LogP contribution in [0.4, 0.5) is 0 Å². The monoisotopic (exact) mass is 1180 g/mol. The second kappa shape index (κ2) is 74.3. The van der Waals surface area contributed by atoms with Crippen LogP contribution in [0.1, 0.15) is 296 Å². The average Bonchev–Trinajstić information content (AvgIpc) is 3.55. The van der Waals surface area contributed by atoms with E-state index in [0.717, 1.165) is 135 Å². The van der Waals surface area contributed by atoms with Gasteiger partial charge in [0.15, 0.2) is 6.10 Å². The fraction of sp³-hybridized carbons (Fsp3) is 0.605. The quantitative estimate of drug-likeness (QED) is 0.0373. The zero-order chi connectivity index (χ0) is 61.9. The van der Waals surface area contributed by atoms with Crippen LogP contribution in [-0.2, 0) is 19.1 Å². The molecule has 86 heavy (non-hydrogen) atoms. The van der Waals surface area contributed by atoms with Gasteiger partial charge in [-0.25, -0.2) is 0 Å². The third kappa shape index (κ3) is 71.5. The number of carbonyl (C=O) groups is 2. The molecule has 0 aliphatic rings. The van der Waals surface area contributed by atoms with Crippen LogP contribution < -0.4 is 0 Å². The number of rotatable bonds is 63. The Morgan fingerprint density at radius 3 is 0.698 bits per heavy atom. The predicted octanol–water partition coefficient (Wildman–Crippen LogP) is 25.0. The second-order valence-corrected chi connectivity index (χ2v) is 22.8. The summed E-state index contributed by atoms with van der Waals surface area (Å²) in [6.45, 7) is 3.92. The molecular weight excluding hydrogens is 1050 g/mol. The van der Waals surface area contributed by atoms with Gasteiger partial charge in [-0.2, -0.15) is 0 Å². The molecule has 1 unspecified atom stereocenters. The van der Waals surface area contributed by atoms with Crippen LogP contribution in [0, 0.1) is 0 Å². The maximum absolute atomic E-state index is 12.4. The summed E-state index contributed by atoms with van der Waals surface area (Å²) < 4.78 is 10.8. The molecule has 0 aromatic carbocycles. The predicted molar refractivity (Wildman–Crippen MR) is 380 cm³/mol. The number of hydrogen-bond acceptors (Lipinski definition) is 5. The van der Waals surface area contributed by atoms with E-state index in [2.05, 4.69) is 196 Å². The summed E-state index contributed by atoms with van der Waals surface area (Å²) in [5.41, 5.74) is 0. The first-order valence-corrected chi connectivity index (χ1v) is 35.3. The van der Waals surface area contributed by atoms with E-state index in [9.17, 15) is 14.7 Å². The van der Waals surface area contributed by atoms with Crippen molar-refractivity contribution >= 4 is 11.9 Å². The average molecular weight is 1180 g/mol. The Morgan fingerprint density at radius 1 is 0.267 bits per heavy atom. The third-order valence-electron chi connectivity index (χ3n) is 14.7. The van der Waals surface area contributed by atoms with Crippen molar-refractivity contribution in [3.8, 4) is 0 Å². The third-order valence-corrected chi connectivity index (χ3v) is 14.7. The lowest BCUT2D eigenvalue weighted by Crippen LogP contribution is -2.28. The van der Waals surface area contributed by atoms with Gasteiger partial charge in [-0.05, 0) is 135 Å². The topological polar surface area (TPSA) is 72.8 Å². The van der Waals surface area contributed by atoms with Crippen LogP contribution in [0.2, 0.25) is 0 Å². The molecule has 0 radical (unpaired) electrons. The first-order chi connectivity index (χ1) is 42.6. The highest BCUT2D eigenvalue weighted by Gasteiger charge is 2.16. The Hall–Kier alpha value is -5.00. The van der Waals surface area contributed by atoms with Gasteiger partial charge in [-0.15, -0.1) is 0 Å². The normalized spacial score (nSPS) is 13.4. The van der Waals surface area contributed by atoms with Crippen molar-refractivity contribution in [2.75, 3.05) is 13.2 Å². The zero-order valence-electron chi connectivity index (χ0n) is 55.5. The zero-order valence-corrected chi connectivity index (χ0v) is 55.5. The second-order valence-electron chi connectivity index (χ2n) is 22.8. The highest BCUT2D eigenvalue weighted by molar-refractivity contribution is 5.70. The summed E-state index contributed by atoms with van der Waals surface area (Å²) in [5, 5.41) is 9.71. The fourth-order valence-electron chi connectivity index (χ4n) is 9.49. The first kappa shape index (κ1) is 81.0. The Kier molecular flexibility index (Phi) is 69.9. The first-order valence-electron chi connectivity index (χ1n) is 35.3. The van der Waals surface area contributed by atoms with Crippen molar-refractivity contribution in [3.63, 3.8) is 0 Å². The molecule has 1 atom stereocenters. The van der Waals surface area contributed by atoms with Crippen LogP contribution in [0.3, 0.4) is 0 Å². The van der Waals surface area contributed by atoms with E-state index in [0.29, 0.717) is 12.8 Å². The summed E-state index contributed by atoms with van der Waals surface area (Å²) in [4.78, 5) is 24.7. The number of ether oxygens (including phenoxy) is 2. The highest BCUT2D eigenvalue weighted by Crippen LogP contribution is 2.16. The molecule has 0 aliphatic heterocycles. The minimum atomic E-state index is -0.787. The van der Waals surface area contributed by atoms with Crippen LogP contribution in [0.15, 0.2) is 182 Å². The van der Waals surface area contributed by atoms with Gasteiger partial charge in [-0.1, -0.05) is 331 Å². The van der Waals surface area contributed by atoms with Crippen LogP contribution in [-0.4, -0.2) is 36.4 Å². The van der Waals surface area contributed by atoms with Crippen molar-refractivity contribution in [3.05, 3.63) is 182 Å². The minimum absolute atomic E-state index is 0.0756. The Bertz CT molecular complexity index is 1920. The van der Waals surface area contributed by atoms with Gasteiger partial charge in [0.2, 0.25) is 0 Å². The van der Waals surface area contributed by atoms with Gasteiger partial charge in [0.25, 0.3) is 0 Å². The van der Waals surface area contributed by atoms with Crippen LogP contribution in [0.5, 0.6) is 0 Å². The lowest BCUT2D eigenvalue weighted by Gasteiger charge is -2.15. The van der Waals surface area contributed by atoms with Crippen molar-refractivity contribution in [2.24, 2.45) is 0 Å². The molecule has 0 aromatic heterocycles. The number of carbonyl (C=O) groups excluding carboxylic acids is 2. The minimum Gasteiger partial charge on any atom is -0.462 e. The molecule has 484 valence electrons. The van der Waals surface area contributed by atoms with E-state index in [1.807, 2.05) is 0 Å². The molecule has 0 fully saturated rings. The molecule has 0 bridgehead atoms. The molecule has 0 aliphatic carbocycles. The van der Waals surface area contributed by atoms with Crippen LogP contribution >= 0.6 is 0 Å². The molecule has 1 N–H and O–H groups in total. The van der Waals surface area contributed by atoms with Gasteiger partial charge in [0, 0.05) is 12.8 Å². The number of hydrogen-bond donors (Lipinski definition) is 1. The van der Waals surface area contributed by atoms with Gasteiger partial charge in [0.05, 0.1) is 6.61 Å². The molecule has 5 heteroatoms. The summed E-state index contributed by atoms with van der Waals surface area (Å²) in [6.07, 6.45) is 116. The van der Waals surface area contributed by atoms with E-state index in [-0.39, 0.29) is 25.2 Å². The van der Waals surface area contributed by atoms with Gasteiger partial charge < -0.3 is 14.6 Å². The van der Waals surface area contributed by atoms with E-state index < -0.39 is 6.10 Å². The standard InChI is InChI=1S/C81H130O5/c1-3-5-7-9-11-13-15-17-19-21-23-25-27-29-31-33-35-37-38-39-40-41-42-44-46-48-50-52-54-56-58-60-62-64-66-68-70-72-74-76-81(84)86-79(77-82)78-85-80(83)75-73-71-69-67-65-63-61-59-57-55-53-51-49-47-45-43-36-34-32-30-28-26-24-22-20-18-16-14-12-10-8-6-4-2/h5-8,11-14,17-20,23-26,29-32,35-37,39-40,42-44,48,50,79,82H,3-4,9-10,15-16,21-22,27-28,33-34,38,41,45-47,49,51-78H2,1-2H3/b7-5-,8-6-,13-11-,14-12-,19-17-,20-18-,25-23-,26-24-,31-29-,32-30-,37-35-,40-39-,43-36-,44-42-,50-48-. The van der Waals surface area contributed by atoms with E-state index in [4.69, 9.17) is 9.47 Å². The highest BCUT2D eigenvalue weighted by atomic mass is 16.6. The number of unbranched alkanes of at least 4 members (excludes halogenated alkanes) is 25. The van der Waals surface area contributed by atoms with Crippen molar-refractivity contribution in [1.29, 1.82) is 0 Å². The van der Waals surface area contributed by atoms with Crippen molar-refractivity contribution in [1.82, 2.24) is 0 Å². The van der Waals surface area contributed by atoms with Crippen molar-refractivity contribution in [2.45, 2.75) is 302 Å². The molecule has 0 amide bonds. The van der Waals surface area contributed by atoms with Crippen LogP contribution in [0.25, 0.3) is 0 Å². The van der Waals surface area contributed by atoms with Gasteiger partial charge in [0.1, 0.15) is 6.61 Å². The van der Waals surface area contributed by atoms with Gasteiger partial charge >= 0.3 is 11.9 Å². The lowest BCUT2D eigenvalue weighted by molar-refractivity contribution is -0.161. The lowest BCUT2D eigenvalue weighted by atomic mass is 10.0. The molecule has 0 aromatic rings. The molecule has 0 saturated carbocycles. The SMILES string of the molecule is CC/C=C\C/C=C\C/C=C\C/C=C\C/C=C\C/C=C\C/C=C\C/C=C\C/C=C\CCCCCCCCCCCCCC(=O)OC(CO)COC(=O)CCCCCCCCCCCCCCCC/C=C\C/C=C\C/C=C\C/C=C\C/C=C\C/C=C\CC. The summed E-state index contributed by atoms with van der Waals surface area (Å²) in [7, 11) is 0. The Morgan fingerprint density at radius 2 is 0.465 bits per heavy atom. The Labute approximate surface area is 531 Å². The number of aliphatic hydroxyl groups excluding tert-OH is 1. The molecule has 0 heterocycles. The summed E-state index contributed by atoms with van der Waals surface area (Å²) in [6, 6.07) is 0. The number of aliphatic hydroxyl groups is 1. The molecule has 5 nitrogen and oxygen atoms in total. The fourth-order valence-corrected chi connectivity index (χ4v) is 9.49. The van der Waals surface area contributed by atoms with E-state index in [1.165, 1.54) is 135 Å². The molecule has 0 saturated heterocycles. The summed E-state index contributed by atoms with van der Waals surface area (Å²) >= 11 is 0. The molecule has 0 spiro atoms. The van der Waals surface area contributed by atoms with Crippen molar-refractivity contribution < 1.29 is 24.2 Å². The molecule has 0 rings (SSSR count). The van der Waals surface area contributed by atoms with E-state index in [1.54, 1.807) is 0 Å². The maximum atomic E-state index is 12.4. The van der Waals surface area contributed by atoms with E-state index >= 15 is 0 Å². The smallest absolute Gasteiger partial charge is 0.306 e. The number of esters is 2. The molecular formula is C81H130O5. The largest absolute Gasteiger partial charge is 0.462 e. The number of allylic oxidation sites excluding steroid dienone is 30. The maximum Gasteiger partial charge on any atom is 0.306 e. The van der Waals surface area contributed by atoms with Gasteiger partial charge in [-0.3, -0.25) is 9.59 Å². The summed E-state index contributed by atoms with van der Waals surface area (Å²) in [5.74, 6) is -0.598. The Balaban J connectivity index is 3.55.